The van der Waals surface area contributed by atoms with E-state index in [4.69, 9.17) is 11.6 Å². The third kappa shape index (κ3) is 4.38. The molecule has 1 fully saturated rings. The summed E-state index contributed by atoms with van der Waals surface area (Å²) in [6.45, 7) is 3.59. The zero-order valence-electron chi connectivity index (χ0n) is 17.7. The molecule has 0 aliphatic carbocycles. The summed E-state index contributed by atoms with van der Waals surface area (Å²) >= 11 is 7.54. The zero-order valence-corrected chi connectivity index (χ0v) is 19.3. The predicted molar refractivity (Wildman–Crippen MR) is 123 cm³/mol. The van der Waals surface area contributed by atoms with Crippen LogP contribution in [0.25, 0.3) is 10.9 Å². The third-order valence-corrected chi connectivity index (χ3v) is 7.14. The molecule has 7 nitrogen and oxygen atoms in total. The first-order chi connectivity index (χ1) is 15.2. The fourth-order valence-corrected chi connectivity index (χ4v) is 5.11. The van der Waals surface area contributed by atoms with Crippen molar-refractivity contribution >= 4 is 51.4 Å². The number of aromatic nitrogens is 2. The van der Waals surface area contributed by atoms with E-state index in [0.717, 1.165) is 16.0 Å². The quantitative estimate of drug-likeness (QED) is 0.555. The zero-order chi connectivity index (χ0) is 23.0. The van der Waals surface area contributed by atoms with Crippen LogP contribution in [-0.2, 0) is 27.2 Å². The minimum absolute atomic E-state index is 0.0834. The number of Topliss-reactive ketones (excluding diaryl/α,β-unsaturated/α-hetero) is 1. The first-order valence-electron chi connectivity index (χ1n) is 10.3. The number of rotatable bonds is 6. The fourth-order valence-electron chi connectivity index (χ4n) is 3.95. The molecule has 0 saturated carbocycles. The number of hydrogen-bond donors (Lipinski definition) is 1. The number of nitrogens with zero attached hydrogens (tertiary/aromatic N) is 2. The van der Waals surface area contributed by atoms with E-state index in [9.17, 15) is 19.2 Å². The Balaban J connectivity index is 1.53. The van der Waals surface area contributed by atoms with Gasteiger partial charge in [-0.15, -0.1) is 11.3 Å². The van der Waals surface area contributed by atoms with Gasteiger partial charge in [0.1, 0.15) is 17.6 Å². The van der Waals surface area contributed by atoms with Crippen molar-refractivity contribution in [3.05, 3.63) is 60.8 Å². The molecular formula is C23H22ClN3O4S. The van der Waals surface area contributed by atoms with Crippen LogP contribution in [0.1, 0.15) is 47.1 Å². The van der Waals surface area contributed by atoms with Crippen LogP contribution in [-0.4, -0.2) is 27.1 Å². The Bertz CT molecular complexity index is 1310. The summed E-state index contributed by atoms with van der Waals surface area (Å²) in [4.78, 5) is 54.8. The Morgan fingerprint density at radius 2 is 2.06 bits per heavy atom. The molecule has 1 atom stereocenters. The highest BCUT2D eigenvalue weighted by molar-refractivity contribution is 7.11. The van der Waals surface area contributed by atoms with Crippen LogP contribution in [0.3, 0.4) is 0 Å². The number of nitrogens with one attached hydrogen (secondary N) is 1. The summed E-state index contributed by atoms with van der Waals surface area (Å²) in [7, 11) is 0. The highest BCUT2D eigenvalue weighted by atomic mass is 35.5. The molecule has 1 unspecified atom stereocenters. The summed E-state index contributed by atoms with van der Waals surface area (Å²) in [6, 6.07) is 4.88. The molecule has 3 heterocycles. The van der Waals surface area contributed by atoms with Crippen molar-refractivity contribution in [3.8, 4) is 0 Å². The Morgan fingerprint density at radius 3 is 2.78 bits per heavy atom. The number of halogens is 1. The summed E-state index contributed by atoms with van der Waals surface area (Å²) in [5, 5.41) is 5.09. The molecule has 2 aromatic heterocycles. The van der Waals surface area contributed by atoms with Crippen molar-refractivity contribution in [3.63, 3.8) is 0 Å². The van der Waals surface area contributed by atoms with E-state index in [1.54, 1.807) is 12.3 Å². The lowest BCUT2D eigenvalue weighted by atomic mass is 10.0. The molecule has 32 heavy (non-hydrogen) atoms. The molecule has 1 aromatic carbocycles. The second-order valence-electron chi connectivity index (χ2n) is 8.02. The van der Waals surface area contributed by atoms with Crippen molar-refractivity contribution in [1.29, 1.82) is 0 Å². The molecule has 0 radical (unpaired) electrons. The number of carbonyl (C=O) groups is 3. The Kier molecular flexibility index (Phi) is 6.26. The molecule has 0 spiro atoms. The average molecular weight is 472 g/mol. The largest absolute Gasteiger partial charge is 0.299 e. The standard InChI is InChI=1S/C23H22ClN3O4S/c1-12-3-4-14(10-17(12)24)9-15(28)5-7-19-21-16(11-32-19)23(31)27(13(2)25-21)18-6-8-20(29)26-22(18)30/h3-4,10-11,18H,5-9H2,1-2H3,(H,26,29,30). The molecule has 1 aliphatic heterocycles. The number of imide groups is 1. The maximum absolute atomic E-state index is 13.1. The number of thiophene rings is 1. The summed E-state index contributed by atoms with van der Waals surface area (Å²) in [6.07, 6.45) is 1.58. The van der Waals surface area contributed by atoms with Crippen molar-refractivity contribution in [2.24, 2.45) is 0 Å². The monoisotopic (exact) mass is 471 g/mol. The maximum atomic E-state index is 13.1. The highest BCUT2D eigenvalue weighted by Crippen LogP contribution is 2.26. The molecular weight excluding hydrogens is 450 g/mol. The van der Waals surface area contributed by atoms with E-state index in [1.807, 2.05) is 25.1 Å². The van der Waals surface area contributed by atoms with Crippen molar-refractivity contribution in [2.75, 3.05) is 0 Å². The SMILES string of the molecule is Cc1ccc(CC(=O)CCc2scc3c(=O)n(C4CCC(=O)NC4=O)c(C)nc23)cc1Cl. The van der Waals surface area contributed by atoms with E-state index >= 15 is 0 Å². The number of piperidine rings is 1. The Labute approximate surface area is 193 Å². The molecule has 166 valence electrons. The molecule has 4 rings (SSSR count). The van der Waals surface area contributed by atoms with Gasteiger partial charge in [0.25, 0.3) is 5.56 Å². The number of amides is 2. The van der Waals surface area contributed by atoms with Gasteiger partial charge >= 0.3 is 0 Å². The Hall–Kier alpha value is -2.84. The molecule has 1 saturated heterocycles. The Morgan fingerprint density at radius 1 is 1.28 bits per heavy atom. The van der Waals surface area contributed by atoms with Crippen molar-refractivity contribution in [2.45, 2.75) is 52.0 Å². The molecule has 1 aliphatic rings. The van der Waals surface area contributed by atoms with Crippen LogP contribution in [0, 0.1) is 13.8 Å². The van der Waals surface area contributed by atoms with Crippen LogP contribution in [0.4, 0.5) is 0 Å². The fraction of sp³-hybridized carbons (Fsp3) is 0.348. The average Bonchev–Trinajstić information content (AvgIpc) is 3.13. The van der Waals surface area contributed by atoms with Crippen LogP contribution >= 0.6 is 22.9 Å². The van der Waals surface area contributed by atoms with Gasteiger partial charge in [-0.1, -0.05) is 23.7 Å². The van der Waals surface area contributed by atoms with Gasteiger partial charge in [0, 0.05) is 34.5 Å². The van der Waals surface area contributed by atoms with E-state index in [-0.39, 0.29) is 30.1 Å². The topological polar surface area (TPSA) is 98.1 Å². The molecule has 9 heteroatoms. The van der Waals surface area contributed by atoms with Gasteiger partial charge < -0.3 is 0 Å². The number of benzene rings is 1. The van der Waals surface area contributed by atoms with E-state index in [0.29, 0.717) is 41.0 Å². The number of carbonyl (C=O) groups excluding carboxylic acids is 3. The molecule has 1 N–H and O–H groups in total. The van der Waals surface area contributed by atoms with E-state index in [1.165, 1.54) is 15.9 Å². The lowest BCUT2D eigenvalue weighted by molar-refractivity contribution is -0.135. The smallest absolute Gasteiger partial charge is 0.262 e. The summed E-state index contributed by atoms with van der Waals surface area (Å²) < 4.78 is 1.37. The van der Waals surface area contributed by atoms with Crippen LogP contribution in [0.15, 0.2) is 28.4 Å². The second-order valence-corrected chi connectivity index (χ2v) is 9.39. The van der Waals surface area contributed by atoms with Crippen molar-refractivity contribution in [1.82, 2.24) is 14.9 Å². The number of ketones is 1. The van der Waals surface area contributed by atoms with Gasteiger partial charge in [-0.05, 0) is 43.9 Å². The second kappa shape index (κ2) is 8.96. The summed E-state index contributed by atoms with van der Waals surface area (Å²) in [5.74, 6) is -0.316. The van der Waals surface area contributed by atoms with Crippen LogP contribution < -0.4 is 10.9 Å². The first kappa shape index (κ1) is 22.4. The van der Waals surface area contributed by atoms with Gasteiger partial charge in [-0.25, -0.2) is 4.98 Å². The normalized spacial score (nSPS) is 16.4. The number of fused-ring (bicyclic) bond motifs is 1. The van der Waals surface area contributed by atoms with E-state index in [2.05, 4.69) is 10.3 Å². The molecule has 2 amide bonds. The van der Waals surface area contributed by atoms with Crippen molar-refractivity contribution < 1.29 is 14.4 Å². The third-order valence-electron chi connectivity index (χ3n) is 5.70. The first-order valence-corrected chi connectivity index (χ1v) is 11.6. The van der Waals surface area contributed by atoms with Gasteiger partial charge in [0.05, 0.1) is 10.9 Å². The number of aryl methyl sites for hydroxylation is 3. The number of hydrogen-bond acceptors (Lipinski definition) is 6. The lowest BCUT2D eigenvalue weighted by Gasteiger charge is -2.24. The van der Waals surface area contributed by atoms with Gasteiger partial charge in [-0.2, -0.15) is 0 Å². The highest BCUT2D eigenvalue weighted by Gasteiger charge is 2.30. The minimum atomic E-state index is -0.747. The van der Waals surface area contributed by atoms with Crippen LogP contribution in [0.5, 0.6) is 0 Å². The molecule has 3 aromatic rings. The summed E-state index contributed by atoms with van der Waals surface area (Å²) in [5.41, 5.74) is 2.12. The van der Waals surface area contributed by atoms with Gasteiger partial charge in [0.2, 0.25) is 11.8 Å². The molecule has 0 bridgehead atoms. The maximum Gasteiger partial charge on any atom is 0.262 e. The lowest BCUT2D eigenvalue weighted by Crippen LogP contribution is -2.45. The van der Waals surface area contributed by atoms with Gasteiger partial charge in [-0.3, -0.25) is 29.1 Å². The van der Waals surface area contributed by atoms with Gasteiger partial charge in [0.15, 0.2) is 0 Å². The van der Waals surface area contributed by atoms with Crippen LogP contribution in [0.2, 0.25) is 5.02 Å². The predicted octanol–water partition coefficient (Wildman–Crippen LogP) is 3.45. The minimum Gasteiger partial charge on any atom is -0.299 e. The van der Waals surface area contributed by atoms with E-state index < -0.39 is 11.9 Å².